The molecule has 0 aliphatic rings. The van der Waals surface area contributed by atoms with Crippen LogP contribution in [0, 0.1) is 0 Å². The zero-order valence-electron chi connectivity index (χ0n) is 11.3. The van der Waals surface area contributed by atoms with Crippen LogP contribution in [0.25, 0.3) is 0 Å². The zero-order valence-corrected chi connectivity index (χ0v) is 12.8. The van der Waals surface area contributed by atoms with Crippen LogP contribution in [0.5, 0.6) is 5.75 Å². The molecule has 0 atom stereocenters. The highest BCUT2D eigenvalue weighted by atomic mass is 35.5. The SMILES string of the molecule is CCNCc1ccc(COc2ccc(Cl)cc2Cl)cc1. The largest absolute Gasteiger partial charge is 0.487 e. The van der Waals surface area contributed by atoms with Gasteiger partial charge in [0.2, 0.25) is 0 Å². The van der Waals surface area contributed by atoms with Gasteiger partial charge in [-0.05, 0) is 35.9 Å². The molecule has 106 valence electrons. The summed E-state index contributed by atoms with van der Waals surface area (Å²) in [6, 6.07) is 13.6. The molecule has 0 aliphatic heterocycles. The Balaban J connectivity index is 1.93. The van der Waals surface area contributed by atoms with Crippen molar-refractivity contribution in [2.24, 2.45) is 0 Å². The number of ether oxygens (including phenoxy) is 1. The second-order valence-electron chi connectivity index (χ2n) is 4.46. The van der Waals surface area contributed by atoms with Crippen LogP contribution in [0.4, 0.5) is 0 Å². The highest BCUT2D eigenvalue weighted by molar-refractivity contribution is 6.35. The van der Waals surface area contributed by atoms with E-state index >= 15 is 0 Å². The average Bonchev–Trinajstić information content (AvgIpc) is 2.45. The fourth-order valence-corrected chi connectivity index (χ4v) is 2.24. The van der Waals surface area contributed by atoms with Gasteiger partial charge in [-0.15, -0.1) is 0 Å². The Hall–Kier alpha value is -1.22. The summed E-state index contributed by atoms with van der Waals surface area (Å²) < 4.78 is 5.69. The van der Waals surface area contributed by atoms with E-state index in [0.717, 1.165) is 18.7 Å². The molecule has 0 radical (unpaired) electrons. The van der Waals surface area contributed by atoms with Crippen LogP contribution in [-0.4, -0.2) is 6.54 Å². The lowest BCUT2D eigenvalue weighted by Crippen LogP contribution is -2.11. The van der Waals surface area contributed by atoms with Crippen molar-refractivity contribution in [1.29, 1.82) is 0 Å². The van der Waals surface area contributed by atoms with Gasteiger partial charge in [0, 0.05) is 11.6 Å². The molecule has 0 heterocycles. The average molecular weight is 310 g/mol. The van der Waals surface area contributed by atoms with Crippen LogP contribution in [0.15, 0.2) is 42.5 Å². The maximum Gasteiger partial charge on any atom is 0.138 e. The quantitative estimate of drug-likeness (QED) is 0.836. The van der Waals surface area contributed by atoms with Crippen LogP contribution in [0.3, 0.4) is 0 Å². The molecule has 0 aromatic heterocycles. The van der Waals surface area contributed by atoms with Gasteiger partial charge < -0.3 is 10.1 Å². The van der Waals surface area contributed by atoms with Crippen molar-refractivity contribution < 1.29 is 4.74 Å². The van der Waals surface area contributed by atoms with Crippen molar-refractivity contribution in [3.8, 4) is 5.75 Å². The third-order valence-corrected chi connectivity index (χ3v) is 3.42. The Kier molecular flexibility index (Phi) is 5.72. The van der Waals surface area contributed by atoms with E-state index in [-0.39, 0.29) is 0 Å². The summed E-state index contributed by atoms with van der Waals surface area (Å²) in [6.45, 7) is 4.45. The minimum Gasteiger partial charge on any atom is -0.487 e. The fraction of sp³-hybridized carbons (Fsp3) is 0.250. The summed E-state index contributed by atoms with van der Waals surface area (Å²) in [4.78, 5) is 0. The van der Waals surface area contributed by atoms with Gasteiger partial charge >= 0.3 is 0 Å². The summed E-state index contributed by atoms with van der Waals surface area (Å²) in [6.07, 6.45) is 0. The van der Waals surface area contributed by atoms with E-state index in [4.69, 9.17) is 27.9 Å². The van der Waals surface area contributed by atoms with E-state index in [1.54, 1.807) is 18.2 Å². The normalized spacial score (nSPS) is 10.6. The number of rotatable bonds is 6. The molecule has 2 rings (SSSR count). The van der Waals surface area contributed by atoms with Crippen LogP contribution in [-0.2, 0) is 13.2 Å². The number of halogens is 2. The smallest absolute Gasteiger partial charge is 0.138 e. The standard InChI is InChI=1S/C16H17Cl2NO/c1-2-19-10-12-3-5-13(6-4-12)11-20-16-8-7-14(17)9-15(16)18/h3-9,19H,2,10-11H2,1H3. The molecule has 0 saturated heterocycles. The first-order chi connectivity index (χ1) is 9.69. The Morgan fingerprint density at radius 1 is 1.00 bits per heavy atom. The molecule has 4 heteroatoms. The Labute approximate surface area is 129 Å². The Morgan fingerprint density at radius 2 is 1.70 bits per heavy atom. The molecule has 2 aromatic rings. The van der Waals surface area contributed by atoms with Crippen molar-refractivity contribution in [2.45, 2.75) is 20.1 Å². The van der Waals surface area contributed by atoms with Crippen molar-refractivity contribution in [1.82, 2.24) is 5.32 Å². The minimum atomic E-state index is 0.489. The predicted molar refractivity (Wildman–Crippen MR) is 84.6 cm³/mol. The van der Waals surface area contributed by atoms with Crippen LogP contribution in [0.2, 0.25) is 10.0 Å². The second-order valence-corrected chi connectivity index (χ2v) is 5.30. The molecule has 0 spiro atoms. The molecule has 1 N–H and O–H groups in total. The summed E-state index contributed by atoms with van der Waals surface area (Å²) in [5.41, 5.74) is 2.37. The third kappa shape index (κ3) is 4.41. The first-order valence-electron chi connectivity index (χ1n) is 6.55. The number of nitrogens with one attached hydrogen (secondary N) is 1. The summed E-state index contributed by atoms with van der Waals surface area (Å²) in [5, 5.41) is 4.43. The monoisotopic (exact) mass is 309 g/mol. The molecule has 0 saturated carbocycles. The summed E-state index contributed by atoms with van der Waals surface area (Å²) in [7, 11) is 0. The van der Waals surface area contributed by atoms with Crippen LogP contribution >= 0.6 is 23.2 Å². The van der Waals surface area contributed by atoms with Gasteiger partial charge in [-0.1, -0.05) is 54.4 Å². The maximum atomic E-state index is 6.06. The summed E-state index contributed by atoms with van der Waals surface area (Å²) in [5.74, 6) is 0.646. The lowest BCUT2D eigenvalue weighted by molar-refractivity contribution is 0.306. The predicted octanol–water partition coefficient (Wildman–Crippen LogP) is 4.68. The minimum absolute atomic E-state index is 0.489. The molecule has 2 aromatic carbocycles. The van der Waals surface area contributed by atoms with Gasteiger partial charge in [0.25, 0.3) is 0 Å². The van der Waals surface area contributed by atoms with Gasteiger partial charge in [-0.2, -0.15) is 0 Å². The highest BCUT2D eigenvalue weighted by Gasteiger charge is 2.03. The zero-order chi connectivity index (χ0) is 14.4. The van der Waals surface area contributed by atoms with E-state index in [2.05, 4.69) is 36.5 Å². The molecular weight excluding hydrogens is 293 g/mol. The van der Waals surface area contributed by atoms with E-state index < -0.39 is 0 Å². The Morgan fingerprint density at radius 3 is 2.35 bits per heavy atom. The van der Waals surface area contributed by atoms with Crippen LogP contribution in [0.1, 0.15) is 18.1 Å². The third-order valence-electron chi connectivity index (χ3n) is 2.89. The van der Waals surface area contributed by atoms with E-state index in [0.29, 0.717) is 22.4 Å². The maximum absolute atomic E-state index is 6.06. The molecule has 2 nitrogen and oxygen atoms in total. The van der Waals surface area contributed by atoms with E-state index in [1.165, 1.54) is 5.56 Å². The lowest BCUT2D eigenvalue weighted by atomic mass is 10.1. The molecule has 0 fully saturated rings. The molecule has 20 heavy (non-hydrogen) atoms. The number of hydrogen-bond acceptors (Lipinski definition) is 2. The van der Waals surface area contributed by atoms with Crippen molar-refractivity contribution >= 4 is 23.2 Å². The molecule has 0 unspecified atom stereocenters. The van der Waals surface area contributed by atoms with Crippen molar-refractivity contribution in [3.63, 3.8) is 0 Å². The molecule has 0 bridgehead atoms. The molecular formula is C16H17Cl2NO. The first kappa shape index (κ1) is 15.2. The number of benzene rings is 2. The Bertz CT molecular complexity index is 555. The van der Waals surface area contributed by atoms with Gasteiger partial charge in [0.05, 0.1) is 5.02 Å². The van der Waals surface area contributed by atoms with Crippen molar-refractivity contribution in [2.75, 3.05) is 6.54 Å². The molecule has 0 aliphatic carbocycles. The van der Waals surface area contributed by atoms with E-state index in [9.17, 15) is 0 Å². The van der Waals surface area contributed by atoms with Gasteiger partial charge in [0.15, 0.2) is 0 Å². The highest BCUT2D eigenvalue weighted by Crippen LogP contribution is 2.28. The lowest BCUT2D eigenvalue weighted by Gasteiger charge is -2.09. The molecule has 0 amide bonds. The van der Waals surface area contributed by atoms with Crippen LogP contribution < -0.4 is 10.1 Å². The topological polar surface area (TPSA) is 21.3 Å². The van der Waals surface area contributed by atoms with Crippen molar-refractivity contribution in [3.05, 3.63) is 63.6 Å². The summed E-state index contributed by atoms with van der Waals surface area (Å²) >= 11 is 11.9. The van der Waals surface area contributed by atoms with Gasteiger partial charge in [-0.25, -0.2) is 0 Å². The second kappa shape index (κ2) is 7.53. The van der Waals surface area contributed by atoms with Gasteiger partial charge in [-0.3, -0.25) is 0 Å². The number of hydrogen-bond donors (Lipinski definition) is 1. The van der Waals surface area contributed by atoms with E-state index in [1.807, 2.05) is 0 Å². The fourth-order valence-electron chi connectivity index (χ4n) is 1.78. The first-order valence-corrected chi connectivity index (χ1v) is 7.31. The van der Waals surface area contributed by atoms with Gasteiger partial charge in [0.1, 0.15) is 12.4 Å².